The number of aliphatic hydroxyl groups is 2. The van der Waals surface area contributed by atoms with Gasteiger partial charge in [0, 0.05) is 38.2 Å². The lowest BCUT2D eigenvalue weighted by Crippen LogP contribution is -2.53. The number of carbonyl (C=O) groups excluding carboxylic acids is 4. The fraction of sp³-hybridized carbons (Fsp3) is 0.432. The van der Waals surface area contributed by atoms with Crippen LogP contribution in [0.15, 0.2) is 77.8 Å². The van der Waals surface area contributed by atoms with E-state index < -0.39 is 12.1 Å². The highest BCUT2D eigenvalue weighted by Gasteiger charge is 2.31. The van der Waals surface area contributed by atoms with Crippen LogP contribution >= 0.6 is 11.3 Å². The monoisotopic (exact) mass is 724 g/mol. The number of nitrogens with zero attached hydrogens (tertiary/aromatic N) is 3. The van der Waals surface area contributed by atoms with Crippen LogP contribution in [0, 0.1) is 0 Å². The van der Waals surface area contributed by atoms with Gasteiger partial charge in [0.05, 0.1) is 37.7 Å². The van der Waals surface area contributed by atoms with Crippen molar-refractivity contribution < 1.29 is 34.1 Å². The smallest absolute Gasteiger partial charge is 0.345 e. The van der Waals surface area contributed by atoms with Gasteiger partial charge in [-0.3, -0.25) is 9.59 Å². The molecule has 1 saturated heterocycles. The zero-order valence-electron chi connectivity index (χ0n) is 29.5. The number of thiophene rings is 1. The molecule has 0 spiro atoms. The molecule has 1 atom stereocenters. The maximum Gasteiger partial charge on any atom is 0.345 e. The summed E-state index contributed by atoms with van der Waals surface area (Å²) < 4.78 is 4.54. The third-order valence-corrected chi connectivity index (χ3v) is 8.70. The second-order valence-electron chi connectivity index (χ2n) is 11.3. The molecule has 3 aromatic rings. The molecule has 1 fully saturated rings. The average molecular weight is 725 g/mol. The van der Waals surface area contributed by atoms with E-state index in [9.17, 15) is 19.2 Å². The number of aliphatic hydroxyl groups excluding tert-OH is 2. The minimum Gasteiger partial charge on any atom is -0.395 e. The molecule has 4 rings (SSSR count). The van der Waals surface area contributed by atoms with E-state index in [-0.39, 0.29) is 63.6 Å². The normalized spacial score (nSPS) is 13.9. The van der Waals surface area contributed by atoms with Crippen LogP contribution in [-0.4, -0.2) is 116 Å². The van der Waals surface area contributed by atoms with E-state index >= 15 is 0 Å². The summed E-state index contributed by atoms with van der Waals surface area (Å²) in [4.78, 5) is 55.8. The summed E-state index contributed by atoms with van der Waals surface area (Å²) in [5.41, 5.74) is 8.68. The molecule has 0 aliphatic carbocycles. The quantitative estimate of drug-likeness (QED) is 0.0680. The number of ether oxygens (including phenoxy) is 1. The number of carbonyl (C=O) groups is 4. The number of piperidine rings is 1. The summed E-state index contributed by atoms with van der Waals surface area (Å²) in [5, 5.41) is 23.7. The number of hydrogen-bond acceptors (Lipinski definition) is 9. The Morgan fingerprint density at radius 3 is 2.16 bits per heavy atom. The van der Waals surface area contributed by atoms with E-state index in [0.29, 0.717) is 24.1 Å². The first-order chi connectivity index (χ1) is 24.8. The van der Waals surface area contributed by atoms with Crippen molar-refractivity contribution >= 4 is 41.3 Å². The van der Waals surface area contributed by atoms with Crippen molar-refractivity contribution in [3.8, 4) is 0 Å². The molecule has 4 amide bonds. The summed E-state index contributed by atoms with van der Waals surface area (Å²) in [5.74, 6) is -0.468. The summed E-state index contributed by atoms with van der Waals surface area (Å²) in [7, 11) is 1.68. The third kappa shape index (κ3) is 16.4. The highest BCUT2D eigenvalue weighted by Crippen LogP contribution is 2.19. The van der Waals surface area contributed by atoms with Gasteiger partial charge in [-0.2, -0.15) is 4.99 Å². The number of likely N-dealkylation sites (tertiary alicyclic amines) is 1. The molecule has 51 heavy (non-hydrogen) atoms. The largest absolute Gasteiger partial charge is 0.395 e. The molecule has 2 aromatic carbocycles. The highest BCUT2D eigenvalue weighted by atomic mass is 32.1. The van der Waals surface area contributed by atoms with Gasteiger partial charge in [-0.1, -0.05) is 60.7 Å². The fourth-order valence-electron chi connectivity index (χ4n) is 4.95. The topological polar surface area (TPSA) is 187 Å². The predicted octanol–water partition coefficient (Wildman–Crippen LogP) is 2.58. The number of rotatable bonds is 15. The van der Waals surface area contributed by atoms with Crippen LogP contribution in [0.2, 0.25) is 0 Å². The number of amides is 4. The van der Waals surface area contributed by atoms with Gasteiger partial charge in [-0.15, -0.1) is 11.3 Å². The molecule has 14 heteroatoms. The summed E-state index contributed by atoms with van der Waals surface area (Å²) in [6, 6.07) is 23.3. The third-order valence-electron chi connectivity index (χ3n) is 7.59. The number of hydrogen-bond donors (Lipinski definition) is 5. The minimum atomic E-state index is -0.659. The number of aliphatic imine (C=N–C) groups is 1. The number of urea groups is 1. The maximum atomic E-state index is 12.8. The number of methoxy groups -OCH3 is 1. The van der Waals surface area contributed by atoms with E-state index in [4.69, 9.17) is 15.9 Å². The zero-order valence-corrected chi connectivity index (χ0v) is 30.4. The van der Waals surface area contributed by atoms with Gasteiger partial charge in [0.25, 0.3) is 0 Å². The van der Waals surface area contributed by atoms with Gasteiger partial charge >= 0.3 is 6.03 Å². The Morgan fingerprint density at radius 1 is 1.00 bits per heavy atom. The van der Waals surface area contributed by atoms with E-state index in [1.54, 1.807) is 24.1 Å². The molecule has 0 saturated carbocycles. The van der Waals surface area contributed by atoms with Crippen LogP contribution in [0.4, 0.5) is 4.79 Å². The first kappa shape index (κ1) is 42.7. The minimum absolute atomic E-state index is 0.000308. The Bertz CT molecular complexity index is 1430. The molecular formula is C37H52N6O7S. The van der Waals surface area contributed by atoms with Crippen LogP contribution in [-0.2, 0) is 32.1 Å². The van der Waals surface area contributed by atoms with Crippen molar-refractivity contribution in [3.63, 3.8) is 0 Å². The van der Waals surface area contributed by atoms with E-state index in [1.165, 1.54) is 27.4 Å². The summed E-state index contributed by atoms with van der Waals surface area (Å²) in [6.45, 7) is 3.13. The number of nitrogens with one attached hydrogen (secondary N) is 2. The van der Waals surface area contributed by atoms with Gasteiger partial charge in [-0.05, 0) is 55.9 Å². The highest BCUT2D eigenvalue weighted by molar-refractivity contribution is 7.14. The van der Waals surface area contributed by atoms with Gasteiger partial charge in [-0.25, -0.2) is 4.79 Å². The second kappa shape index (κ2) is 25.5. The number of aldehydes is 1. The lowest BCUT2D eigenvalue weighted by molar-refractivity contribution is -0.141. The van der Waals surface area contributed by atoms with Crippen molar-refractivity contribution in [2.24, 2.45) is 10.7 Å². The number of benzene rings is 2. The van der Waals surface area contributed by atoms with Crippen molar-refractivity contribution in [1.82, 2.24) is 20.4 Å². The SMILES string of the molecule is CCOC.NC(=NC(=O)N(CCO)CCO)c1ccc(CNC(=O)C2CCCCN2C(=O)CNCC=O)s1.c1ccc(Cc2ccccc2)cc1. The Balaban J connectivity index is 0.000000432. The van der Waals surface area contributed by atoms with E-state index in [0.717, 1.165) is 30.7 Å². The van der Waals surface area contributed by atoms with Crippen LogP contribution in [0.1, 0.15) is 47.1 Å². The van der Waals surface area contributed by atoms with Crippen molar-refractivity contribution in [1.29, 1.82) is 0 Å². The Labute approximate surface area is 304 Å². The molecule has 2 heterocycles. The maximum absolute atomic E-state index is 12.8. The van der Waals surface area contributed by atoms with Gasteiger partial charge in [0.2, 0.25) is 11.8 Å². The fourth-order valence-corrected chi connectivity index (χ4v) is 5.79. The van der Waals surface area contributed by atoms with Crippen LogP contribution in [0.25, 0.3) is 0 Å². The van der Waals surface area contributed by atoms with E-state index in [1.807, 2.05) is 6.92 Å². The van der Waals surface area contributed by atoms with Crippen molar-refractivity contribution in [2.45, 2.75) is 45.2 Å². The molecule has 1 aliphatic rings. The lowest BCUT2D eigenvalue weighted by Gasteiger charge is -2.34. The molecule has 1 unspecified atom stereocenters. The number of amidine groups is 1. The molecule has 1 aliphatic heterocycles. The first-order valence-electron chi connectivity index (χ1n) is 17.0. The molecule has 0 radical (unpaired) electrons. The standard InChI is InChI=1S/C21H32N6O6S.C13H12.C3H8O/c22-19(25-21(33)26(8-11-29)9-12-30)17-5-4-15(34-17)13-24-20(32)16-3-1-2-7-27(16)18(31)14-23-6-10-28;1-3-7-12(8-4-1)11-13-9-5-2-6-10-13;1-3-4-2/h4-5,10,16,23,29-30H,1-3,6-9,11-14H2,(H,24,32)(H2,22,25,33);1-10H,11H2;3H2,1-2H3. The summed E-state index contributed by atoms with van der Waals surface area (Å²) >= 11 is 1.27. The van der Waals surface area contributed by atoms with Crippen molar-refractivity contribution in [2.75, 3.05) is 59.7 Å². The molecule has 278 valence electrons. The lowest BCUT2D eigenvalue weighted by atomic mass is 10.0. The summed E-state index contributed by atoms with van der Waals surface area (Å²) in [6.07, 6.45) is 3.94. The molecule has 6 N–H and O–H groups in total. The first-order valence-corrected chi connectivity index (χ1v) is 17.8. The second-order valence-corrected chi connectivity index (χ2v) is 12.5. The van der Waals surface area contributed by atoms with Crippen LogP contribution in [0.3, 0.4) is 0 Å². The van der Waals surface area contributed by atoms with E-state index in [2.05, 4.69) is 81.0 Å². The Kier molecular flexibility index (Phi) is 21.3. The Morgan fingerprint density at radius 2 is 1.61 bits per heavy atom. The Hall–Kier alpha value is -4.47. The van der Waals surface area contributed by atoms with Crippen LogP contribution < -0.4 is 16.4 Å². The van der Waals surface area contributed by atoms with Crippen molar-refractivity contribution in [3.05, 3.63) is 93.7 Å². The predicted molar refractivity (Wildman–Crippen MR) is 200 cm³/mol. The van der Waals surface area contributed by atoms with Gasteiger partial charge in [0.15, 0.2) is 0 Å². The zero-order chi connectivity index (χ0) is 37.3. The molecule has 0 bridgehead atoms. The molecular weight excluding hydrogens is 673 g/mol. The number of nitrogens with two attached hydrogens (primary N) is 1. The molecule has 13 nitrogen and oxygen atoms in total. The van der Waals surface area contributed by atoms with Gasteiger partial charge < -0.3 is 45.9 Å². The average Bonchev–Trinajstić information content (AvgIpc) is 3.64. The molecule has 1 aromatic heterocycles. The van der Waals surface area contributed by atoms with Crippen LogP contribution in [0.5, 0.6) is 0 Å². The van der Waals surface area contributed by atoms with Gasteiger partial charge in [0.1, 0.15) is 18.2 Å².